The standard InChI is InChI=1S/C16H2N2O6/c17-3-5-1-7-11-10(16(22)23-13(7)19)6(4-18)2-8-12(11)9(5)15(21)24-14(8)20/h1-2H. The second kappa shape index (κ2) is 4.24. The highest BCUT2D eigenvalue weighted by Gasteiger charge is 2.39. The molecule has 8 heteroatoms. The van der Waals surface area contributed by atoms with E-state index in [-0.39, 0.29) is 44.2 Å². The maximum Gasteiger partial charge on any atom is 0.348 e. The fraction of sp³-hybridized carbons (Fsp3) is 0. The lowest BCUT2D eigenvalue weighted by molar-refractivity contribution is 0.0365. The second-order valence-electron chi connectivity index (χ2n) is 5.02. The Morgan fingerprint density at radius 2 is 1.04 bits per heavy atom. The summed E-state index contributed by atoms with van der Waals surface area (Å²) in [7, 11) is 0. The van der Waals surface area contributed by atoms with Crippen LogP contribution in [0, 0.1) is 22.7 Å². The summed E-state index contributed by atoms with van der Waals surface area (Å²) >= 11 is 0. The van der Waals surface area contributed by atoms with Crippen molar-refractivity contribution in [2.45, 2.75) is 0 Å². The molecule has 0 atom stereocenters. The van der Waals surface area contributed by atoms with Gasteiger partial charge in [-0.3, -0.25) is 0 Å². The number of ether oxygens (including phenoxy) is 2. The van der Waals surface area contributed by atoms with Gasteiger partial charge < -0.3 is 9.47 Å². The van der Waals surface area contributed by atoms with Crippen molar-refractivity contribution in [2.75, 3.05) is 0 Å². The van der Waals surface area contributed by atoms with E-state index in [4.69, 9.17) is 0 Å². The minimum Gasteiger partial charge on any atom is -0.386 e. The number of carbonyl (C=O) groups excluding carboxylic acids is 4. The molecule has 0 spiro atoms. The highest BCUT2D eigenvalue weighted by molar-refractivity contribution is 6.30. The number of carbonyl (C=O) groups is 4. The van der Waals surface area contributed by atoms with Gasteiger partial charge in [0.05, 0.1) is 33.4 Å². The van der Waals surface area contributed by atoms with E-state index in [9.17, 15) is 29.7 Å². The van der Waals surface area contributed by atoms with Gasteiger partial charge in [-0.1, -0.05) is 0 Å². The molecule has 0 fully saturated rings. The zero-order valence-electron chi connectivity index (χ0n) is 11.5. The first-order valence-corrected chi connectivity index (χ1v) is 6.48. The molecule has 0 bridgehead atoms. The molecule has 0 aliphatic carbocycles. The molecule has 0 amide bonds. The quantitative estimate of drug-likeness (QED) is 0.522. The molecule has 24 heavy (non-hydrogen) atoms. The molecule has 8 nitrogen and oxygen atoms in total. The van der Waals surface area contributed by atoms with E-state index in [2.05, 4.69) is 9.47 Å². The molecule has 0 aromatic heterocycles. The molecule has 2 aliphatic rings. The maximum absolute atomic E-state index is 12.0. The first-order chi connectivity index (χ1) is 11.5. The summed E-state index contributed by atoms with van der Waals surface area (Å²) in [6, 6.07) is 5.67. The Morgan fingerprint density at radius 3 is 1.38 bits per heavy atom. The van der Waals surface area contributed by atoms with E-state index in [1.807, 2.05) is 0 Å². The predicted octanol–water partition coefficient (Wildman–Crippen LogP) is 1.20. The van der Waals surface area contributed by atoms with Gasteiger partial charge in [0.1, 0.15) is 12.1 Å². The van der Waals surface area contributed by atoms with Crippen LogP contribution >= 0.6 is 0 Å². The van der Waals surface area contributed by atoms with E-state index < -0.39 is 23.9 Å². The number of esters is 4. The summed E-state index contributed by atoms with van der Waals surface area (Å²) in [5.74, 6) is -4.17. The third-order valence-electron chi connectivity index (χ3n) is 3.86. The normalized spacial score (nSPS) is 14.8. The molecule has 4 rings (SSSR count). The van der Waals surface area contributed by atoms with E-state index in [1.54, 1.807) is 12.1 Å². The topological polar surface area (TPSA) is 134 Å². The maximum atomic E-state index is 12.0. The van der Waals surface area contributed by atoms with Crippen LogP contribution in [-0.4, -0.2) is 23.9 Å². The molecule has 0 saturated carbocycles. The minimum absolute atomic E-state index is 0.0516. The van der Waals surface area contributed by atoms with Gasteiger partial charge in [-0.2, -0.15) is 10.5 Å². The van der Waals surface area contributed by atoms with Crippen LogP contribution < -0.4 is 0 Å². The molecule has 2 aromatic rings. The molecule has 2 aliphatic heterocycles. The van der Waals surface area contributed by atoms with Crippen LogP contribution in [0.3, 0.4) is 0 Å². The predicted molar refractivity (Wildman–Crippen MR) is 72.9 cm³/mol. The Kier molecular flexibility index (Phi) is 2.41. The third-order valence-corrected chi connectivity index (χ3v) is 3.86. The SMILES string of the molecule is N#Cc1cc2c3c(c(C#N)cc4c3c1C(=O)OC4=O)C(=O)OC2=O. The van der Waals surface area contributed by atoms with Crippen molar-refractivity contribution in [3.63, 3.8) is 0 Å². The zero-order valence-corrected chi connectivity index (χ0v) is 11.5. The number of cyclic esters (lactones) is 4. The van der Waals surface area contributed by atoms with Crippen molar-refractivity contribution < 1.29 is 28.7 Å². The fourth-order valence-corrected chi connectivity index (χ4v) is 2.94. The number of benzene rings is 2. The van der Waals surface area contributed by atoms with E-state index in [0.29, 0.717) is 0 Å². The molecule has 2 aromatic carbocycles. The first kappa shape index (κ1) is 13.6. The molecule has 0 N–H and O–H groups in total. The highest BCUT2D eigenvalue weighted by atomic mass is 16.6. The van der Waals surface area contributed by atoms with Gasteiger partial charge >= 0.3 is 23.9 Å². The number of nitrogens with zero attached hydrogens (tertiary/aromatic N) is 2. The molecular formula is C16H2N2O6. The summed E-state index contributed by atoms with van der Waals surface area (Å²) in [5.41, 5.74) is -1.17. The van der Waals surface area contributed by atoms with E-state index in [1.165, 1.54) is 0 Å². The van der Waals surface area contributed by atoms with Crippen molar-refractivity contribution in [3.05, 3.63) is 45.5 Å². The molecule has 112 valence electrons. The van der Waals surface area contributed by atoms with Gasteiger partial charge in [0.25, 0.3) is 0 Å². The largest absolute Gasteiger partial charge is 0.386 e. The van der Waals surface area contributed by atoms with Crippen molar-refractivity contribution in [1.29, 1.82) is 10.5 Å². The average Bonchev–Trinajstić information content (AvgIpc) is 2.56. The Bertz CT molecular complexity index is 1060. The van der Waals surface area contributed by atoms with Crippen LogP contribution in [0.25, 0.3) is 10.8 Å². The fourth-order valence-electron chi connectivity index (χ4n) is 2.94. The van der Waals surface area contributed by atoms with Gasteiger partial charge in [-0.05, 0) is 12.1 Å². The van der Waals surface area contributed by atoms with Crippen LogP contribution in [0.1, 0.15) is 52.6 Å². The number of hydrogen-bond donors (Lipinski definition) is 0. The van der Waals surface area contributed by atoms with Crippen LogP contribution in [0.5, 0.6) is 0 Å². The summed E-state index contributed by atoms with van der Waals surface area (Å²) in [6.45, 7) is 0. The van der Waals surface area contributed by atoms with Gasteiger partial charge in [0.15, 0.2) is 0 Å². The summed E-state index contributed by atoms with van der Waals surface area (Å²) < 4.78 is 9.18. The van der Waals surface area contributed by atoms with Gasteiger partial charge in [0, 0.05) is 10.8 Å². The van der Waals surface area contributed by atoms with Crippen molar-refractivity contribution in [1.82, 2.24) is 0 Å². The Balaban J connectivity index is 2.39. The Hall–Kier alpha value is -4.04. The number of hydrogen-bond acceptors (Lipinski definition) is 8. The summed E-state index contributed by atoms with van der Waals surface area (Å²) in [4.78, 5) is 48.1. The number of nitriles is 2. The lowest BCUT2D eigenvalue weighted by atomic mass is 9.84. The monoisotopic (exact) mass is 318 g/mol. The van der Waals surface area contributed by atoms with E-state index in [0.717, 1.165) is 12.1 Å². The molecule has 0 unspecified atom stereocenters. The Labute approximate surface area is 132 Å². The minimum atomic E-state index is -1.06. The molecule has 0 saturated heterocycles. The number of rotatable bonds is 0. The molecular weight excluding hydrogens is 316 g/mol. The highest BCUT2D eigenvalue weighted by Crippen LogP contribution is 2.39. The van der Waals surface area contributed by atoms with Gasteiger partial charge in [0.2, 0.25) is 0 Å². The average molecular weight is 318 g/mol. The van der Waals surface area contributed by atoms with Gasteiger partial charge in [-0.25, -0.2) is 19.2 Å². The Morgan fingerprint density at radius 1 is 0.667 bits per heavy atom. The van der Waals surface area contributed by atoms with Crippen LogP contribution in [0.15, 0.2) is 12.1 Å². The lowest BCUT2D eigenvalue weighted by Gasteiger charge is -2.23. The van der Waals surface area contributed by atoms with Crippen molar-refractivity contribution in [2.24, 2.45) is 0 Å². The summed E-state index contributed by atoms with van der Waals surface area (Å²) in [6.07, 6.45) is 0. The first-order valence-electron chi connectivity index (χ1n) is 6.48. The zero-order chi connectivity index (χ0) is 17.2. The van der Waals surface area contributed by atoms with Crippen LogP contribution in [0.4, 0.5) is 0 Å². The smallest absolute Gasteiger partial charge is 0.348 e. The van der Waals surface area contributed by atoms with Crippen molar-refractivity contribution >= 4 is 34.6 Å². The second-order valence-corrected chi connectivity index (χ2v) is 5.02. The van der Waals surface area contributed by atoms with E-state index >= 15 is 0 Å². The third kappa shape index (κ3) is 1.44. The van der Waals surface area contributed by atoms with Crippen LogP contribution in [-0.2, 0) is 9.47 Å². The lowest BCUT2D eigenvalue weighted by Crippen LogP contribution is -2.27. The molecule has 0 radical (unpaired) electrons. The van der Waals surface area contributed by atoms with Crippen molar-refractivity contribution in [3.8, 4) is 12.1 Å². The summed E-state index contributed by atoms with van der Waals surface area (Å²) in [5, 5.41) is 18.4. The van der Waals surface area contributed by atoms with Gasteiger partial charge in [-0.15, -0.1) is 0 Å². The molecule has 2 heterocycles. The van der Waals surface area contributed by atoms with Crippen LogP contribution in [0.2, 0.25) is 0 Å².